The monoisotopic (exact) mass is 300 g/mol. The number of ether oxygens (including phenoxy) is 1. The van der Waals surface area contributed by atoms with E-state index in [4.69, 9.17) is 4.74 Å². The van der Waals surface area contributed by atoms with E-state index in [-0.39, 0.29) is 0 Å². The van der Waals surface area contributed by atoms with Crippen LogP contribution in [-0.2, 0) is 11.3 Å². The first-order valence-corrected chi connectivity index (χ1v) is 7.56. The minimum absolute atomic E-state index is 0.692. The largest absolute Gasteiger partial charge is 0.383 e. The van der Waals surface area contributed by atoms with Crippen molar-refractivity contribution in [1.29, 1.82) is 0 Å². The van der Waals surface area contributed by atoms with E-state index in [1.165, 1.54) is 0 Å². The van der Waals surface area contributed by atoms with Crippen molar-refractivity contribution in [3.63, 3.8) is 0 Å². The fourth-order valence-corrected chi connectivity index (χ4v) is 2.76. The smallest absolute Gasteiger partial charge is 0.166 e. The molecular weight excluding hydrogens is 284 g/mol. The van der Waals surface area contributed by atoms with Crippen molar-refractivity contribution in [2.45, 2.75) is 6.54 Å². The summed E-state index contributed by atoms with van der Waals surface area (Å²) >= 11 is 1.56. The molecule has 3 aromatic rings. The van der Waals surface area contributed by atoms with E-state index >= 15 is 0 Å². The van der Waals surface area contributed by atoms with Gasteiger partial charge in [-0.15, -0.1) is 10.2 Å². The molecule has 0 unspecified atom stereocenters. The van der Waals surface area contributed by atoms with Crippen molar-refractivity contribution in [2.75, 3.05) is 20.3 Å². The molecule has 0 spiro atoms. The van der Waals surface area contributed by atoms with Crippen molar-refractivity contribution in [3.8, 4) is 10.7 Å². The Labute approximate surface area is 127 Å². The lowest BCUT2D eigenvalue weighted by Gasteiger charge is -2.00. The first-order chi connectivity index (χ1) is 10.4. The molecule has 0 atom stereocenters. The predicted octanol–water partition coefficient (Wildman–Crippen LogP) is 2.49. The van der Waals surface area contributed by atoms with Crippen LogP contribution in [0.1, 0.15) is 5.01 Å². The van der Waals surface area contributed by atoms with Crippen LogP contribution in [0, 0.1) is 0 Å². The predicted molar refractivity (Wildman–Crippen MR) is 84.2 cm³/mol. The van der Waals surface area contributed by atoms with Crippen LogP contribution in [0.2, 0.25) is 0 Å². The van der Waals surface area contributed by atoms with Crippen LogP contribution in [0.3, 0.4) is 0 Å². The van der Waals surface area contributed by atoms with E-state index in [0.717, 1.165) is 33.2 Å². The molecule has 1 N–H and O–H groups in total. The fourth-order valence-electron chi connectivity index (χ4n) is 1.98. The van der Waals surface area contributed by atoms with Crippen molar-refractivity contribution in [3.05, 3.63) is 41.4 Å². The molecule has 0 amide bonds. The third-order valence-electron chi connectivity index (χ3n) is 3.04. The number of fused-ring (bicyclic) bond motifs is 1. The van der Waals surface area contributed by atoms with Crippen LogP contribution in [0.5, 0.6) is 0 Å². The summed E-state index contributed by atoms with van der Waals surface area (Å²) in [4.78, 5) is 4.64. The second kappa shape index (κ2) is 6.71. The molecule has 0 fully saturated rings. The number of methoxy groups -OCH3 is 1. The van der Waals surface area contributed by atoms with Crippen LogP contribution in [0.15, 0.2) is 36.4 Å². The Hall–Kier alpha value is -1.89. The highest BCUT2D eigenvalue weighted by Gasteiger charge is 2.08. The first-order valence-electron chi connectivity index (χ1n) is 6.75. The lowest BCUT2D eigenvalue weighted by atomic mass is 10.2. The highest BCUT2D eigenvalue weighted by molar-refractivity contribution is 7.14. The normalized spacial score (nSPS) is 11.1. The Morgan fingerprint density at radius 2 is 2.05 bits per heavy atom. The first kappa shape index (κ1) is 14.1. The minimum Gasteiger partial charge on any atom is -0.383 e. The SMILES string of the molecule is COCCNCc1nnc(-c2ccc3ccccc3n2)s1. The number of aromatic nitrogens is 3. The van der Waals surface area contributed by atoms with E-state index < -0.39 is 0 Å². The zero-order valence-electron chi connectivity index (χ0n) is 11.7. The number of pyridine rings is 1. The van der Waals surface area contributed by atoms with Crippen molar-refractivity contribution in [2.24, 2.45) is 0 Å². The summed E-state index contributed by atoms with van der Waals surface area (Å²) in [5, 5.41) is 14.6. The molecule has 0 radical (unpaired) electrons. The Kier molecular flexibility index (Phi) is 4.49. The highest BCUT2D eigenvalue weighted by atomic mass is 32.1. The van der Waals surface area contributed by atoms with E-state index in [1.54, 1.807) is 18.4 Å². The van der Waals surface area contributed by atoms with Crippen LogP contribution < -0.4 is 5.32 Å². The number of hydrogen-bond donors (Lipinski definition) is 1. The Balaban J connectivity index is 1.75. The van der Waals surface area contributed by atoms with Gasteiger partial charge in [0.15, 0.2) is 5.01 Å². The molecule has 1 aromatic carbocycles. The molecule has 0 bridgehead atoms. The van der Waals surface area contributed by atoms with Gasteiger partial charge in [-0.25, -0.2) is 4.98 Å². The van der Waals surface area contributed by atoms with Gasteiger partial charge in [-0.1, -0.05) is 35.6 Å². The molecule has 2 heterocycles. The zero-order valence-corrected chi connectivity index (χ0v) is 12.6. The van der Waals surface area contributed by atoms with E-state index in [1.807, 2.05) is 24.3 Å². The number of nitrogens with one attached hydrogen (secondary N) is 1. The molecule has 3 rings (SSSR count). The van der Waals surface area contributed by atoms with Gasteiger partial charge in [0.1, 0.15) is 10.7 Å². The standard InChI is InChI=1S/C15H16N4OS/c1-20-9-8-16-10-14-18-19-15(21-14)13-7-6-11-4-2-3-5-12(11)17-13/h2-7,16H,8-10H2,1H3. The summed E-state index contributed by atoms with van der Waals surface area (Å²) < 4.78 is 4.99. The number of rotatable bonds is 6. The lowest BCUT2D eigenvalue weighted by molar-refractivity contribution is 0.199. The maximum absolute atomic E-state index is 4.99. The second-order valence-corrected chi connectivity index (χ2v) is 5.62. The maximum atomic E-state index is 4.99. The molecule has 0 saturated heterocycles. The summed E-state index contributed by atoms with van der Waals surface area (Å²) in [5.41, 5.74) is 1.85. The van der Waals surface area contributed by atoms with Crippen LogP contribution in [0.4, 0.5) is 0 Å². The van der Waals surface area contributed by atoms with Gasteiger partial charge < -0.3 is 10.1 Å². The third-order valence-corrected chi connectivity index (χ3v) is 3.99. The molecule has 0 aliphatic carbocycles. The number of hydrogen-bond acceptors (Lipinski definition) is 6. The van der Waals surface area contributed by atoms with Gasteiger partial charge in [0.25, 0.3) is 0 Å². The van der Waals surface area contributed by atoms with Gasteiger partial charge in [-0.3, -0.25) is 0 Å². The average molecular weight is 300 g/mol. The van der Waals surface area contributed by atoms with Gasteiger partial charge in [-0.05, 0) is 12.1 Å². The van der Waals surface area contributed by atoms with Crippen molar-refractivity contribution < 1.29 is 4.74 Å². The topological polar surface area (TPSA) is 59.9 Å². The van der Waals surface area contributed by atoms with E-state index in [0.29, 0.717) is 13.2 Å². The molecule has 0 aliphatic heterocycles. The fraction of sp³-hybridized carbons (Fsp3) is 0.267. The summed E-state index contributed by atoms with van der Waals surface area (Å²) in [7, 11) is 1.69. The van der Waals surface area contributed by atoms with Gasteiger partial charge >= 0.3 is 0 Å². The average Bonchev–Trinajstić information content (AvgIpc) is 3.00. The Bertz CT molecular complexity index is 728. The molecule has 2 aromatic heterocycles. The lowest BCUT2D eigenvalue weighted by Crippen LogP contribution is -2.18. The molecule has 108 valence electrons. The zero-order chi connectivity index (χ0) is 14.5. The molecular formula is C15H16N4OS. The van der Waals surface area contributed by atoms with Gasteiger partial charge in [0.05, 0.1) is 12.1 Å². The summed E-state index contributed by atoms with van der Waals surface area (Å²) in [6.45, 7) is 2.20. The minimum atomic E-state index is 0.692. The molecule has 5 nitrogen and oxygen atoms in total. The number of nitrogens with zero attached hydrogens (tertiary/aromatic N) is 3. The van der Waals surface area contributed by atoms with Gasteiger partial charge in [-0.2, -0.15) is 0 Å². The Morgan fingerprint density at radius 3 is 2.95 bits per heavy atom. The molecule has 0 saturated carbocycles. The van der Waals surface area contributed by atoms with Gasteiger partial charge in [0.2, 0.25) is 0 Å². The van der Waals surface area contributed by atoms with Crippen LogP contribution >= 0.6 is 11.3 Å². The van der Waals surface area contributed by atoms with E-state index in [9.17, 15) is 0 Å². The second-order valence-electron chi connectivity index (χ2n) is 4.56. The summed E-state index contributed by atoms with van der Waals surface area (Å²) in [6.07, 6.45) is 0. The number of benzene rings is 1. The quantitative estimate of drug-likeness (QED) is 0.709. The third kappa shape index (κ3) is 3.41. The number of para-hydroxylation sites is 1. The van der Waals surface area contributed by atoms with Gasteiger partial charge in [0, 0.05) is 25.6 Å². The summed E-state index contributed by atoms with van der Waals surface area (Å²) in [6, 6.07) is 12.1. The van der Waals surface area contributed by atoms with Crippen LogP contribution in [-0.4, -0.2) is 35.4 Å². The maximum Gasteiger partial charge on any atom is 0.166 e. The van der Waals surface area contributed by atoms with E-state index in [2.05, 4.69) is 32.6 Å². The van der Waals surface area contributed by atoms with Crippen molar-refractivity contribution in [1.82, 2.24) is 20.5 Å². The highest BCUT2D eigenvalue weighted by Crippen LogP contribution is 2.23. The van der Waals surface area contributed by atoms with Crippen LogP contribution in [0.25, 0.3) is 21.6 Å². The summed E-state index contributed by atoms with van der Waals surface area (Å²) in [5.74, 6) is 0. The molecule has 0 aliphatic rings. The molecule has 21 heavy (non-hydrogen) atoms. The Morgan fingerprint density at radius 1 is 1.14 bits per heavy atom. The van der Waals surface area contributed by atoms with Crippen molar-refractivity contribution >= 4 is 22.2 Å². The molecule has 6 heteroatoms.